The number of nitrogens with one attached hydrogen (secondary N) is 2. The average Bonchev–Trinajstić information content (AvgIpc) is 3.34. The number of fused-ring (bicyclic) bond motifs is 1. The van der Waals surface area contributed by atoms with Crippen LogP contribution in [0.25, 0.3) is 23.2 Å². The highest BCUT2D eigenvalue weighted by molar-refractivity contribution is 5.90. The molecule has 126 valence electrons. The van der Waals surface area contributed by atoms with Crippen molar-refractivity contribution < 1.29 is 0 Å². The fraction of sp³-hybridized carbons (Fsp3) is 0.0526. The first-order chi connectivity index (χ1) is 12.8. The van der Waals surface area contributed by atoms with Gasteiger partial charge in [-0.3, -0.25) is 4.98 Å². The summed E-state index contributed by atoms with van der Waals surface area (Å²) in [6, 6.07) is 8.26. The topological polar surface area (TPSA) is 95.2 Å². The van der Waals surface area contributed by atoms with Crippen LogP contribution in [0.3, 0.4) is 0 Å². The Morgan fingerprint density at radius 2 is 2.15 bits per heavy atom. The van der Waals surface area contributed by atoms with E-state index < -0.39 is 0 Å². The van der Waals surface area contributed by atoms with Crippen molar-refractivity contribution in [3.63, 3.8) is 0 Å². The molecule has 0 fully saturated rings. The van der Waals surface area contributed by atoms with Crippen molar-refractivity contribution in [2.24, 2.45) is 0 Å². The molecule has 26 heavy (non-hydrogen) atoms. The van der Waals surface area contributed by atoms with Crippen molar-refractivity contribution >= 4 is 34.6 Å². The van der Waals surface area contributed by atoms with Gasteiger partial charge in [0.15, 0.2) is 0 Å². The Bertz CT molecular complexity index is 1130. The summed E-state index contributed by atoms with van der Waals surface area (Å²) in [7, 11) is 0. The maximum absolute atomic E-state index is 9.49. The number of aryl methyl sites for hydroxylation is 1. The van der Waals surface area contributed by atoms with Crippen molar-refractivity contribution in [2.45, 2.75) is 6.92 Å². The van der Waals surface area contributed by atoms with E-state index >= 15 is 0 Å². The van der Waals surface area contributed by atoms with Crippen LogP contribution in [0.4, 0.5) is 11.4 Å². The molecule has 0 radical (unpaired) electrons. The number of aromatic nitrogens is 5. The van der Waals surface area contributed by atoms with Gasteiger partial charge in [0.25, 0.3) is 0 Å². The lowest BCUT2D eigenvalue weighted by Gasteiger charge is -2.14. The number of hydrogen-bond donors (Lipinski definition) is 2. The molecule has 4 rings (SSSR count). The van der Waals surface area contributed by atoms with E-state index in [0.717, 1.165) is 27.7 Å². The van der Waals surface area contributed by atoms with Crippen LogP contribution in [-0.4, -0.2) is 24.7 Å². The molecule has 0 aliphatic rings. The van der Waals surface area contributed by atoms with Gasteiger partial charge in [-0.15, -0.1) is 0 Å². The predicted molar refractivity (Wildman–Crippen MR) is 101 cm³/mol. The summed E-state index contributed by atoms with van der Waals surface area (Å²) >= 11 is 0. The number of H-pyrrole nitrogens is 1. The molecule has 0 atom stereocenters. The van der Waals surface area contributed by atoms with Crippen molar-refractivity contribution in [3.05, 3.63) is 66.1 Å². The van der Waals surface area contributed by atoms with E-state index in [1.807, 2.05) is 30.5 Å². The zero-order valence-electron chi connectivity index (χ0n) is 14.0. The molecule has 1 aromatic carbocycles. The second kappa shape index (κ2) is 6.53. The van der Waals surface area contributed by atoms with Crippen molar-refractivity contribution in [1.29, 1.82) is 5.26 Å². The minimum absolute atomic E-state index is 0.472. The molecule has 0 unspecified atom stereocenters. The van der Waals surface area contributed by atoms with Crippen LogP contribution in [0.5, 0.6) is 0 Å². The standard InChI is InChI=1S/C19H15N7/c1-13-16-4-6-23-18(16)3-2-17(13)25-19-14(9-21-10-15(19)8-20)5-7-26-12-22-11-24-26/h2-7,9-12,23H,1H3,(H,21,25). The van der Waals surface area contributed by atoms with Crippen LogP contribution < -0.4 is 5.32 Å². The van der Waals surface area contributed by atoms with E-state index in [4.69, 9.17) is 0 Å². The Kier molecular flexibility index (Phi) is 3.92. The number of benzene rings is 1. The van der Waals surface area contributed by atoms with Gasteiger partial charge in [-0.1, -0.05) is 0 Å². The minimum atomic E-state index is 0.472. The number of anilines is 2. The first-order valence-corrected chi connectivity index (χ1v) is 8.00. The molecule has 0 saturated carbocycles. The van der Waals surface area contributed by atoms with Crippen molar-refractivity contribution in [2.75, 3.05) is 5.32 Å². The largest absolute Gasteiger partial charge is 0.361 e. The van der Waals surface area contributed by atoms with E-state index in [-0.39, 0.29) is 0 Å². The summed E-state index contributed by atoms with van der Waals surface area (Å²) in [5.41, 5.74) is 5.09. The summed E-state index contributed by atoms with van der Waals surface area (Å²) in [6.07, 6.45) is 11.8. The van der Waals surface area contributed by atoms with E-state index in [9.17, 15) is 5.26 Å². The van der Waals surface area contributed by atoms with E-state index in [0.29, 0.717) is 11.3 Å². The second-order valence-corrected chi connectivity index (χ2v) is 5.76. The molecule has 7 nitrogen and oxygen atoms in total. The number of nitriles is 1. The Hall–Kier alpha value is -3.92. The molecule has 0 amide bonds. The first-order valence-electron chi connectivity index (χ1n) is 8.00. The number of aromatic amines is 1. The van der Waals surface area contributed by atoms with Gasteiger partial charge in [0, 0.05) is 46.9 Å². The Labute approximate surface area is 149 Å². The third-order valence-corrected chi connectivity index (χ3v) is 4.20. The molecule has 3 aromatic heterocycles. The fourth-order valence-electron chi connectivity index (χ4n) is 2.83. The molecule has 0 aliphatic carbocycles. The quantitative estimate of drug-likeness (QED) is 0.590. The maximum Gasteiger partial charge on any atom is 0.138 e. The third kappa shape index (κ3) is 2.80. The molecule has 0 saturated heterocycles. The summed E-state index contributed by atoms with van der Waals surface area (Å²) in [5, 5.41) is 18.1. The summed E-state index contributed by atoms with van der Waals surface area (Å²) < 4.78 is 1.58. The SMILES string of the molecule is Cc1c(Nc2c(C#N)cncc2C=Cn2cncn2)ccc2[nH]ccc12. The van der Waals surface area contributed by atoms with Gasteiger partial charge in [-0.05, 0) is 36.8 Å². The Morgan fingerprint density at radius 1 is 1.23 bits per heavy atom. The zero-order chi connectivity index (χ0) is 17.9. The number of rotatable bonds is 4. The highest BCUT2D eigenvalue weighted by Gasteiger charge is 2.11. The Morgan fingerprint density at radius 3 is 2.96 bits per heavy atom. The number of hydrogen-bond acceptors (Lipinski definition) is 5. The van der Waals surface area contributed by atoms with Crippen LogP contribution in [0.15, 0.2) is 49.4 Å². The highest BCUT2D eigenvalue weighted by Crippen LogP contribution is 2.30. The van der Waals surface area contributed by atoms with Crippen molar-refractivity contribution in [1.82, 2.24) is 24.7 Å². The lowest BCUT2D eigenvalue weighted by molar-refractivity contribution is 0.936. The van der Waals surface area contributed by atoms with E-state index in [2.05, 4.69) is 38.4 Å². The van der Waals surface area contributed by atoms with Gasteiger partial charge in [-0.25, -0.2) is 9.67 Å². The molecule has 2 N–H and O–H groups in total. The summed E-state index contributed by atoms with van der Waals surface area (Å²) in [5.74, 6) is 0. The van der Waals surface area contributed by atoms with Gasteiger partial charge < -0.3 is 10.3 Å². The average molecular weight is 341 g/mol. The smallest absolute Gasteiger partial charge is 0.138 e. The lowest BCUT2D eigenvalue weighted by Crippen LogP contribution is -2.00. The molecule has 7 heteroatoms. The van der Waals surface area contributed by atoms with Crippen LogP contribution in [0.2, 0.25) is 0 Å². The monoisotopic (exact) mass is 341 g/mol. The molecule has 0 spiro atoms. The van der Waals surface area contributed by atoms with Crippen LogP contribution in [0, 0.1) is 18.3 Å². The van der Waals surface area contributed by atoms with Crippen LogP contribution in [0.1, 0.15) is 16.7 Å². The number of pyridine rings is 1. The predicted octanol–water partition coefficient (Wildman–Crippen LogP) is 3.71. The first kappa shape index (κ1) is 15.6. The van der Waals surface area contributed by atoms with Gasteiger partial charge >= 0.3 is 0 Å². The van der Waals surface area contributed by atoms with Crippen LogP contribution in [-0.2, 0) is 0 Å². The maximum atomic E-state index is 9.49. The molecule has 4 aromatic rings. The summed E-state index contributed by atoms with van der Waals surface area (Å²) in [6.45, 7) is 2.05. The van der Waals surface area contributed by atoms with Gasteiger partial charge in [-0.2, -0.15) is 10.4 Å². The number of nitrogens with zero attached hydrogens (tertiary/aromatic N) is 5. The van der Waals surface area contributed by atoms with Gasteiger partial charge in [0.1, 0.15) is 18.7 Å². The molecular weight excluding hydrogens is 326 g/mol. The van der Waals surface area contributed by atoms with E-state index in [1.165, 1.54) is 6.33 Å². The molecule has 0 aliphatic heterocycles. The van der Waals surface area contributed by atoms with Crippen molar-refractivity contribution in [3.8, 4) is 6.07 Å². The zero-order valence-corrected chi connectivity index (χ0v) is 14.0. The fourth-order valence-corrected chi connectivity index (χ4v) is 2.83. The second-order valence-electron chi connectivity index (χ2n) is 5.76. The molecule has 3 heterocycles. The van der Waals surface area contributed by atoms with Gasteiger partial charge in [0.2, 0.25) is 0 Å². The van der Waals surface area contributed by atoms with Gasteiger partial charge in [0.05, 0.1) is 11.3 Å². The summed E-state index contributed by atoms with van der Waals surface area (Å²) in [4.78, 5) is 11.3. The normalized spacial score (nSPS) is 11.1. The molecule has 0 bridgehead atoms. The molecular formula is C19H15N7. The minimum Gasteiger partial charge on any atom is -0.361 e. The van der Waals surface area contributed by atoms with E-state index in [1.54, 1.807) is 29.6 Å². The van der Waals surface area contributed by atoms with Crippen LogP contribution >= 0.6 is 0 Å². The Balaban J connectivity index is 1.77. The third-order valence-electron chi connectivity index (χ3n) is 4.20. The highest BCUT2D eigenvalue weighted by atomic mass is 15.3. The lowest BCUT2D eigenvalue weighted by atomic mass is 10.1.